The third kappa shape index (κ3) is 7.46. The number of morpholine rings is 2. The van der Waals surface area contributed by atoms with Crippen LogP contribution >= 0.6 is 0 Å². The fraction of sp³-hybridized carbons (Fsp3) is 0.650. The Balaban J connectivity index is 1.32. The lowest BCUT2D eigenvalue weighted by Gasteiger charge is -2.26. The monoisotopic (exact) mass is 375 g/mol. The Kier molecular flexibility index (Phi) is 8.35. The molecule has 1 aromatic rings. The maximum absolute atomic E-state index is 5.98. The van der Waals surface area contributed by atoms with Crippen molar-refractivity contribution in [1.82, 2.24) is 15.1 Å². The molecule has 0 saturated carbocycles. The summed E-state index contributed by atoms with van der Waals surface area (Å²) in [6.45, 7) is 11.0. The minimum absolute atomic E-state index is 0.523. The first-order valence-corrected chi connectivity index (χ1v) is 10.0. The van der Waals surface area contributed by atoms with Crippen molar-refractivity contribution in [2.45, 2.75) is 19.5 Å². The average Bonchev–Trinajstić information content (AvgIpc) is 2.72. The van der Waals surface area contributed by atoms with Gasteiger partial charge >= 0.3 is 0 Å². The van der Waals surface area contributed by atoms with Gasteiger partial charge in [-0.3, -0.25) is 9.80 Å². The van der Waals surface area contributed by atoms with Gasteiger partial charge in [-0.2, -0.15) is 0 Å². The van der Waals surface area contributed by atoms with Crippen molar-refractivity contribution in [3.63, 3.8) is 0 Å². The quantitative estimate of drug-likeness (QED) is 0.395. The zero-order valence-corrected chi connectivity index (χ0v) is 16.2. The second kappa shape index (κ2) is 11.2. The van der Waals surface area contributed by atoms with E-state index in [-0.39, 0.29) is 0 Å². The van der Waals surface area contributed by atoms with E-state index >= 15 is 0 Å². The fourth-order valence-electron chi connectivity index (χ4n) is 3.34. The summed E-state index contributed by atoms with van der Waals surface area (Å²) < 4.78 is 10.8. The van der Waals surface area contributed by atoms with Crippen molar-refractivity contribution in [2.75, 3.05) is 65.7 Å². The van der Waals surface area contributed by atoms with Gasteiger partial charge in [0.2, 0.25) is 0 Å². The van der Waals surface area contributed by atoms with Crippen molar-refractivity contribution < 1.29 is 9.47 Å². The van der Waals surface area contributed by atoms with Gasteiger partial charge in [-0.05, 0) is 24.1 Å². The molecule has 0 aliphatic carbocycles. The Morgan fingerprint density at radius 3 is 2.19 bits per heavy atom. The largest absolute Gasteiger partial charge is 0.379 e. The van der Waals surface area contributed by atoms with E-state index < -0.39 is 0 Å². The Bertz CT molecular complexity index is 566. The van der Waals surface area contributed by atoms with Crippen LogP contribution in [0.15, 0.2) is 29.3 Å². The summed E-state index contributed by atoms with van der Waals surface area (Å²) in [6, 6.07) is 8.66. The summed E-state index contributed by atoms with van der Waals surface area (Å²) >= 11 is 0. The summed E-state index contributed by atoms with van der Waals surface area (Å²) in [5, 5.41) is 3.21. The molecule has 150 valence electrons. The van der Waals surface area contributed by atoms with E-state index in [0.717, 1.165) is 78.7 Å². The Morgan fingerprint density at radius 1 is 0.926 bits per heavy atom. The van der Waals surface area contributed by atoms with E-state index in [2.05, 4.69) is 44.4 Å². The van der Waals surface area contributed by atoms with Crippen LogP contribution in [0.2, 0.25) is 0 Å². The maximum Gasteiger partial charge on any atom is 0.188 e. The number of rotatable bonds is 8. The van der Waals surface area contributed by atoms with Crippen LogP contribution in [0.4, 0.5) is 0 Å². The molecule has 2 fully saturated rings. The zero-order valence-electron chi connectivity index (χ0n) is 16.2. The molecular formula is C20H33N5O2. The van der Waals surface area contributed by atoms with Crippen LogP contribution in [0.3, 0.4) is 0 Å². The minimum Gasteiger partial charge on any atom is -0.379 e. The van der Waals surface area contributed by atoms with Crippen LogP contribution in [0.25, 0.3) is 0 Å². The predicted molar refractivity (Wildman–Crippen MR) is 108 cm³/mol. The van der Waals surface area contributed by atoms with Crippen LogP contribution in [-0.2, 0) is 22.6 Å². The number of nitrogens with zero attached hydrogens (tertiary/aromatic N) is 3. The van der Waals surface area contributed by atoms with Gasteiger partial charge < -0.3 is 20.5 Å². The lowest BCUT2D eigenvalue weighted by Crippen LogP contribution is -2.39. The highest BCUT2D eigenvalue weighted by Gasteiger charge is 2.10. The van der Waals surface area contributed by atoms with Crippen LogP contribution in [0.1, 0.15) is 17.5 Å². The van der Waals surface area contributed by atoms with E-state index in [1.54, 1.807) is 0 Å². The van der Waals surface area contributed by atoms with Crippen molar-refractivity contribution in [2.24, 2.45) is 10.7 Å². The van der Waals surface area contributed by atoms with Gasteiger partial charge in [0.15, 0.2) is 5.96 Å². The Hall–Kier alpha value is -1.67. The van der Waals surface area contributed by atoms with Gasteiger partial charge in [-0.25, -0.2) is 4.99 Å². The van der Waals surface area contributed by atoms with Crippen LogP contribution in [-0.4, -0.2) is 81.5 Å². The Labute approximate surface area is 162 Å². The van der Waals surface area contributed by atoms with Crippen molar-refractivity contribution >= 4 is 5.96 Å². The second-order valence-corrected chi connectivity index (χ2v) is 7.14. The summed E-state index contributed by atoms with van der Waals surface area (Å²) in [6.07, 6.45) is 1.06. The predicted octanol–water partition coefficient (Wildman–Crippen LogP) is 0.645. The number of ether oxygens (including phenoxy) is 2. The number of benzene rings is 1. The van der Waals surface area contributed by atoms with Crippen molar-refractivity contribution in [3.05, 3.63) is 35.4 Å². The normalized spacial score (nSPS) is 19.9. The zero-order chi connectivity index (χ0) is 18.7. The van der Waals surface area contributed by atoms with Gasteiger partial charge in [0.05, 0.1) is 33.0 Å². The van der Waals surface area contributed by atoms with E-state index in [1.165, 1.54) is 11.1 Å². The molecule has 2 saturated heterocycles. The van der Waals surface area contributed by atoms with E-state index in [9.17, 15) is 0 Å². The molecule has 27 heavy (non-hydrogen) atoms. The summed E-state index contributed by atoms with van der Waals surface area (Å²) in [4.78, 5) is 9.30. The first-order valence-electron chi connectivity index (χ1n) is 10.0. The third-order valence-corrected chi connectivity index (χ3v) is 5.03. The molecule has 0 unspecified atom stereocenters. The molecule has 3 N–H and O–H groups in total. The molecule has 0 amide bonds. The SMILES string of the molecule is NC(=NCc1ccc(CN2CCOCC2)cc1)NCCCN1CCOCC1. The van der Waals surface area contributed by atoms with E-state index in [0.29, 0.717) is 12.5 Å². The number of guanidine groups is 1. The van der Waals surface area contributed by atoms with Crippen LogP contribution in [0.5, 0.6) is 0 Å². The van der Waals surface area contributed by atoms with Crippen LogP contribution < -0.4 is 11.1 Å². The molecule has 0 radical (unpaired) electrons. The minimum atomic E-state index is 0.523. The maximum atomic E-state index is 5.98. The lowest BCUT2D eigenvalue weighted by atomic mass is 10.1. The van der Waals surface area contributed by atoms with Gasteiger partial charge in [0.25, 0.3) is 0 Å². The molecule has 0 atom stereocenters. The summed E-state index contributed by atoms with van der Waals surface area (Å²) in [7, 11) is 0. The highest BCUT2D eigenvalue weighted by atomic mass is 16.5. The second-order valence-electron chi connectivity index (χ2n) is 7.14. The molecule has 2 aliphatic rings. The highest BCUT2D eigenvalue weighted by molar-refractivity contribution is 5.77. The smallest absolute Gasteiger partial charge is 0.188 e. The lowest BCUT2D eigenvalue weighted by molar-refractivity contribution is 0.0342. The molecule has 7 heteroatoms. The highest BCUT2D eigenvalue weighted by Crippen LogP contribution is 2.10. The van der Waals surface area contributed by atoms with Gasteiger partial charge in [0, 0.05) is 39.3 Å². The number of hydrogen-bond acceptors (Lipinski definition) is 5. The molecule has 0 bridgehead atoms. The van der Waals surface area contributed by atoms with Crippen LogP contribution in [0, 0.1) is 0 Å². The molecule has 0 spiro atoms. The van der Waals surface area contributed by atoms with Crippen molar-refractivity contribution in [3.8, 4) is 0 Å². The van der Waals surface area contributed by atoms with Gasteiger partial charge in [-0.15, -0.1) is 0 Å². The molecule has 2 aliphatic heterocycles. The number of nitrogens with one attached hydrogen (secondary N) is 1. The van der Waals surface area contributed by atoms with E-state index in [4.69, 9.17) is 15.2 Å². The third-order valence-electron chi connectivity index (χ3n) is 5.03. The molecular weight excluding hydrogens is 342 g/mol. The topological polar surface area (TPSA) is 75.3 Å². The Morgan fingerprint density at radius 2 is 1.52 bits per heavy atom. The summed E-state index contributed by atoms with van der Waals surface area (Å²) in [5.74, 6) is 0.523. The van der Waals surface area contributed by atoms with Crippen molar-refractivity contribution in [1.29, 1.82) is 0 Å². The molecule has 3 rings (SSSR count). The number of nitrogens with two attached hydrogens (primary N) is 1. The summed E-state index contributed by atoms with van der Waals surface area (Å²) in [5.41, 5.74) is 8.49. The standard InChI is InChI=1S/C20H33N5O2/c21-20(22-6-1-7-24-8-12-26-13-9-24)23-16-18-2-4-19(5-3-18)17-25-10-14-27-15-11-25/h2-5H,1,6-17H2,(H3,21,22,23). The number of aliphatic imine (C=N–C) groups is 1. The average molecular weight is 376 g/mol. The first kappa shape index (κ1) is 20.1. The molecule has 2 heterocycles. The molecule has 7 nitrogen and oxygen atoms in total. The van der Waals surface area contributed by atoms with E-state index in [1.807, 2.05) is 0 Å². The molecule has 0 aromatic heterocycles. The fourth-order valence-corrected chi connectivity index (χ4v) is 3.34. The van der Waals surface area contributed by atoms with Gasteiger partial charge in [-0.1, -0.05) is 24.3 Å². The first-order chi connectivity index (χ1) is 13.3. The number of hydrogen-bond donors (Lipinski definition) is 2. The van der Waals surface area contributed by atoms with Gasteiger partial charge in [0.1, 0.15) is 0 Å². The molecule has 1 aromatic carbocycles.